The van der Waals surface area contributed by atoms with Crippen LogP contribution < -0.4 is 5.32 Å². The molecule has 1 heterocycles. The van der Waals surface area contributed by atoms with Crippen LogP contribution in [0.5, 0.6) is 0 Å². The van der Waals surface area contributed by atoms with Crippen molar-refractivity contribution in [1.82, 2.24) is 15.1 Å². The molecular weight excluding hydrogens is 446 g/mol. The van der Waals surface area contributed by atoms with Crippen LogP contribution in [0, 0.1) is 5.92 Å². The summed E-state index contributed by atoms with van der Waals surface area (Å²) in [5.74, 6) is -0.0258. The second-order valence-electron chi connectivity index (χ2n) is 9.69. The van der Waals surface area contributed by atoms with Gasteiger partial charge in [-0.3, -0.25) is 14.5 Å². The summed E-state index contributed by atoms with van der Waals surface area (Å²) in [7, 11) is 0. The smallest absolute Gasteiger partial charge is 0.325 e. The first-order valence-electron chi connectivity index (χ1n) is 12.1. The van der Waals surface area contributed by atoms with Crippen molar-refractivity contribution in [3.05, 3.63) is 65.2 Å². The molecule has 178 valence electrons. The molecular formula is C27H31N3O3S. The fraction of sp³-hybridized carbons (Fsp3) is 0.444. The molecule has 0 unspecified atom stereocenters. The van der Waals surface area contributed by atoms with Crippen molar-refractivity contribution in [3.8, 4) is 0 Å². The first kappa shape index (κ1) is 23.0. The van der Waals surface area contributed by atoms with E-state index in [9.17, 15) is 14.4 Å². The first-order valence-corrected chi connectivity index (χ1v) is 13.3. The predicted molar refractivity (Wildman–Crippen MR) is 132 cm³/mol. The van der Waals surface area contributed by atoms with Crippen LogP contribution in [0.2, 0.25) is 0 Å². The van der Waals surface area contributed by atoms with Crippen molar-refractivity contribution < 1.29 is 14.4 Å². The van der Waals surface area contributed by atoms with Crippen molar-refractivity contribution >= 4 is 29.6 Å². The zero-order valence-corrected chi connectivity index (χ0v) is 20.6. The number of hydrogen-bond acceptors (Lipinski definition) is 4. The summed E-state index contributed by atoms with van der Waals surface area (Å²) in [6.07, 6.45) is 6.72. The Labute approximate surface area is 205 Å². The number of nitrogens with one attached hydrogen (secondary N) is 1. The molecule has 2 fully saturated rings. The van der Waals surface area contributed by atoms with Crippen molar-refractivity contribution in [2.45, 2.75) is 62.0 Å². The highest BCUT2D eigenvalue weighted by Gasteiger charge is 2.55. The zero-order valence-electron chi connectivity index (χ0n) is 19.8. The molecule has 2 aromatic rings. The van der Waals surface area contributed by atoms with Gasteiger partial charge in [-0.1, -0.05) is 42.8 Å². The summed E-state index contributed by atoms with van der Waals surface area (Å²) in [5, 5.41) is 2.93. The molecule has 1 aliphatic heterocycles. The number of urea groups is 1. The fourth-order valence-corrected chi connectivity index (χ4v) is 5.93. The molecule has 0 bridgehead atoms. The average molecular weight is 478 g/mol. The third-order valence-corrected chi connectivity index (χ3v) is 8.62. The van der Waals surface area contributed by atoms with Crippen LogP contribution >= 0.6 is 11.8 Å². The lowest BCUT2D eigenvalue weighted by Crippen LogP contribution is -2.49. The Hall–Kier alpha value is -2.80. The van der Waals surface area contributed by atoms with Gasteiger partial charge >= 0.3 is 6.03 Å². The van der Waals surface area contributed by atoms with Gasteiger partial charge in [-0.05, 0) is 73.6 Å². The van der Waals surface area contributed by atoms with Gasteiger partial charge in [-0.2, -0.15) is 0 Å². The van der Waals surface area contributed by atoms with Crippen LogP contribution in [0.3, 0.4) is 0 Å². The number of rotatable bonds is 7. The number of fused-ring (bicyclic) bond motifs is 2. The fourth-order valence-electron chi connectivity index (χ4n) is 5.52. The number of nitrogens with zero attached hydrogens (tertiary/aromatic N) is 2. The number of hydrogen-bond donors (Lipinski definition) is 1. The Bertz CT molecular complexity index is 1110. The largest absolute Gasteiger partial charge is 0.334 e. The van der Waals surface area contributed by atoms with Crippen molar-refractivity contribution in [1.29, 1.82) is 0 Å². The normalized spacial score (nSPS) is 22.5. The highest BCUT2D eigenvalue weighted by molar-refractivity contribution is 7.98. The van der Waals surface area contributed by atoms with E-state index in [-0.39, 0.29) is 24.4 Å². The monoisotopic (exact) mass is 477 g/mol. The molecule has 1 saturated heterocycles. The van der Waals surface area contributed by atoms with Crippen molar-refractivity contribution in [2.24, 2.45) is 5.92 Å². The summed E-state index contributed by atoms with van der Waals surface area (Å²) in [6.45, 7) is 2.34. The maximum Gasteiger partial charge on any atom is 0.325 e. The molecule has 1 saturated carbocycles. The number of carbonyl (C=O) groups is 3. The second kappa shape index (κ2) is 9.10. The molecule has 0 aromatic heterocycles. The van der Waals surface area contributed by atoms with Gasteiger partial charge in [0.2, 0.25) is 5.91 Å². The third kappa shape index (κ3) is 3.90. The topological polar surface area (TPSA) is 69.7 Å². The van der Waals surface area contributed by atoms with E-state index in [1.807, 2.05) is 35.4 Å². The van der Waals surface area contributed by atoms with Gasteiger partial charge in [0, 0.05) is 17.5 Å². The summed E-state index contributed by atoms with van der Waals surface area (Å²) < 4.78 is 0. The number of imide groups is 1. The van der Waals surface area contributed by atoms with Crippen LogP contribution in [0.25, 0.3) is 0 Å². The van der Waals surface area contributed by atoms with E-state index >= 15 is 0 Å². The molecule has 1 N–H and O–H groups in total. The molecule has 1 spiro atoms. The quantitative estimate of drug-likeness (QED) is 0.476. The number of amides is 4. The molecule has 4 amide bonds. The summed E-state index contributed by atoms with van der Waals surface area (Å²) in [5.41, 5.74) is 1.96. The molecule has 6 nitrogen and oxygen atoms in total. The SMILES string of the molecule is CSc1ccc(CN(C(=O)CN2C(=O)N[C@]3(CCc4ccccc43)C2=O)[C@@H](C)C2CCC2)cc1. The van der Waals surface area contributed by atoms with Crippen LogP contribution in [-0.4, -0.2) is 46.5 Å². The minimum absolute atomic E-state index is 0.0587. The van der Waals surface area contributed by atoms with Gasteiger partial charge in [-0.15, -0.1) is 11.8 Å². The number of aryl methyl sites for hydroxylation is 1. The Morgan fingerprint density at radius 2 is 1.91 bits per heavy atom. The molecule has 5 rings (SSSR count). The van der Waals surface area contributed by atoms with Gasteiger partial charge in [0.25, 0.3) is 5.91 Å². The van der Waals surface area contributed by atoms with E-state index in [4.69, 9.17) is 0 Å². The Morgan fingerprint density at radius 1 is 1.18 bits per heavy atom. The zero-order chi connectivity index (χ0) is 23.9. The average Bonchev–Trinajstić information content (AvgIpc) is 3.29. The van der Waals surface area contributed by atoms with Gasteiger partial charge in [0.05, 0.1) is 0 Å². The van der Waals surface area contributed by atoms with Gasteiger partial charge in [0.15, 0.2) is 0 Å². The molecule has 2 aliphatic carbocycles. The van der Waals surface area contributed by atoms with E-state index < -0.39 is 11.6 Å². The van der Waals surface area contributed by atoms with E-state index in [1.54, 1.807) is 11.8 Å². The van der Waals surface area contributed by atoms with Crippen LogP contribution in [0.15, 0.2) is 53.4 Å². The van der Waals surface area contributed by atoms with E-state index in [0.717, 1.165) is 40.9 Å². The molecule has 0 radical (unpaired) electrons. The minimum atomic E-state index is -1.04. The van der Waals surface area contributed by atoms with E-state index in [1.165, 1.54) is 11.3 Å². The van der Waals surface area contributed by atoms with E-state index in [0.29, 0.717) is 18.9 Å². The molecule has 34 heavy (non-hydrogen) atoms. The second-order valence-corrected chi connectivity index (χ2v) is 10.6. The van der Waals surface area contributed by atoms with Gasteiger partial charge in [0.1, 0.15) is 12.1 Å². The third-order valence-electron chi connectivity index (χ3n) is 7.87. The highest BCUT2D eigenvalue weighted by atomic mass is 32.2. The van der Waals surface area contributed by atoms with Crippen LogP contribution in [-0.2, 0) is 28.1 Å². The molecule has 7 heteroatoms. The molecule has 3 aliphatic rings. The minimum Gasteiger partial charge on any atom is -0.334 e. The van der Waals surface area contributed by atoms with E-state index in [2.05, 4.69) is 36.5 Å². The number of thioether (sulfide) groups is 1. The molecule has 2 atom stereocenters. The Morgan fingerprint density at radius 3 is 2.59 bits per heavy atom. The Kier molecular flexibility index (Phi) is 6.15. The Balaban J connectivity index is 1.36. The van der Waals surface area contributed by atoms with Crippen molar-refractivity contribution in [2.75, 3.05) is 12.8 Å². The highest BCUT2D eigenvalue weighted by Crippen LogP contribution is 2.41. The van der Waals surface area contributed by atoms with Gasteiger partial charge < -0.3 is 10.2 Å². The summed E-state index contributed by atoms with van der Waals surface area (Å²) in [4.78, 5) is 44.2. The first-order chi connectivity index (χ1) is 16.4. The van der Waals surface area contributed by atoms with Crippen molar-refractivity contribution in [3.63, 3.8) is 0 Å². The standard InChI is InChI=1S/C27H31N3O3S/c1-18(20-7-5-8-20)29(16-19-10-12-22(34-2)13-11-19)24(31)17-30-25(32)27(28-26(30)33)15-14-21-6-3-4-9-23(21)27/h3-4,6,9-13,18,20H,5,7-8,14-17H2,1-2H3,(H,28,33)/t18-,27-/m0/s1. The summed E-state index contributed by atoms with van der Waals surface area (Å²) in [6, 6.07) is 15.6. The van der Waals surface area contributed by atoms with Gasteiger partial charge in [-0.25, -0.2) is 4.79 Å². The number of benzene rings is 2. The molecule has 2 aromatic carbocycles. The maximum atomic E-state index is 13.6. The van der Waals surface area contributed by atoms with Crippen LogP contribution in [0.1, 0.15) is 49.3 Å². The maximum absolute atomic E-state index is 13.6. The lowest BCUT2D eigenvalue weighted by Gasteiger charge is -2.39. The predicted octanol–water partition coefficient (Wildman–Crippen LogP) is 4.32. The summed E-state index contributed by atoms with van der Waals surface area (Å²) >= 11 is 1.68. The lowest BCUT2D eigenvalue weighted by atomic mass is 9.79. The van der Waals surface area contributed by atoms with Crippen LogP contribution in [0.4, 0.5) is 4.79 Å². The number of carbonyl (C=O) groups excluding carboxylic acids is 3. The lowest BCUT2D eigenvalue weighted by molar-refractivity contribution is -0.142.